The van der Waals surface area contributed by atoms with Crippen LogP contribution in [-0.2, 0) is 14.3 Å². The van der Waals surface area contributed by atoms with Gasteiger partial charge in [-0.05, 0) is 72.0 Å². The van der Waals surface area contributed by atoms with Crippen LogP contribution >= 0.6 is 11.3 Å². The van der Waals surface area contributed by atoms with E-state index in [0.717, 1.165) is 22.4 Å². The predicted molar refractivity (Wildman–Crippen MR) is 102 cm³/mol. The van der Waals surface area contributed by atoms with E-state index in [1.807, 2.05) is 48.0 Å². The first kappa shape index (κ1) is 18.4. The van der Waals surface area contributed by atoms with Crippen LogP contribution in [0, 0.1) is 5.92 Å². The van der Waals surface area contributed by atoms with E-state index in [0.29, 0.717) is 13.0 Å². The summed E-state index contributed by atoms with van der Waals surface area (Å²) in [6, 6.07) is 9.64. The normalized spacial score (nSPS) is 19.8. The number of benzene rings is 1. The molecule has 0 unspecified atom stereocenters. The van der Waals surface area contributed by atoms with E-state index in [4.69, 9.17) is 9.47 Å². The third kappa shape index (κ3) is 3.88. The third-order valence-electron chi connectivity index (χ3n) is 4.52. The van der Waals surface area contributed by atoms with E-state index in [1.54, 1.807) is 24.3 Å². The van der Waals surface area contributed by atoms with Gasteiger partial charge in [-0.1, -0.05) is 12.1 Å². The molecule has 2 atom stereocenters. The minimum atomic E-state index is -0.796. The molecule has 136 valence electrons. The number of ether oxygens (including phenoxy) is 2. The highest BCUT2D eigenvalue weighted by Gasteiger charge is 2.39. The van der Waals surface area contributed by atoms with Crippen LogP contribution in [0.4, 0.5) is 0 Å². The van der Waals surface area contributed by atoms with Gasteiger partial charge >= 0.3 is 5.97 Å². The molecule has 0 radical (unpaired) electrons. The Bertz CT molecular complexity index is 790. The second-order valence-electron chi connectivity index (χ2n) is 6.13. The van der Waals surface area contributed by atoms with Crippen LogP contribution in [0.15, 0.2) is 47.2 Å². The lowest BCUT2D eigenvalue weighted by molar-refractivity contribution is -0.151. The van der Waals surface area contributed by atoms with Crippen molar-refractivity contribution in [1.29, 1.82) is 0 Å². The fraction of sp³-hybridized carbons (Fsp3) is 0.333. The Morgan fingerprint density at radius 3 is 2.54 bits per heavy atom. The molecule has 26 heavy (non-hydrogen) atoms. The van der Waals surface area contributed by atoms with Gasteiger partial charge in [0.25, 0.3) is 0 Å². The summed E-state index contributed by atoms with van der Waals surface area (Å²) in [6.07, 6.45) is 2.23. The first-order chi connectivity index (χ1) is 12.6. The molecular formula is C21H22O4S. The van der Waals surface area contributed by atoms with Gasteiger partial charge in [0, 0.05) is 5.92 Å². The van der Waals surface area contributed by atoms with E-state index in [2.05, 4.69) is 0 Å². The first-order valence-electron chi connectivity index (χ1n) is 8.80. The summed E-state index contributed by atoms with van der Waals surface area (Å²) in [5.74, 6) is -0.890. The summed E-state index contributed by atoms with van der Waals surface area (Å²) in [4.78, 5) is 25.2. The SMILES string of the molecule is CCOC(=O)[C@H]1C(=O)C=C(c2ccsc2)C[C@H]1c1ccc(OCC)cc1. The molecule has 1 aliphatic carbocycles. The topological polar surface area (TPSA) is 52.6 Å². The van der Waals surface area contributed by atoms with Crippen molar-refractivity contribution in [2.75, 3.05) is 13.2 Å². The Morgan fingerprint density at radius 2 is 1.92 bits per heavy atom. The number of hydrogen-bond acceptors (Lipinski definition) is 5. The number of rotatable bonds is 6. The Hall–Kier alpha value is -2.40. The Morgan fingerprint density at radius 1 is 1.15 bits per heavy atom. The minimum absolute atomic E-state index is 0.185. The van der Waals surface area contributed by atoms with Gasteiger partial charge in [0.2, 0.25) is 0 Å². The van der Waals surface area contributed by atoms with Crippen molar-refractivity contribution in [3.8, 4) is 5.75 Å². The number of hydrogen-bond donors (Lipinski definition) is 0. The van der Waals surface area contributed by atoms with E-state index in [-0.39, 0.29) is 18.3 Å². The lowest BCUT2D eigenvalue weighted by Gasteiger charge is -2.29. The molecule has 1 aromatic carbocycles. The molecule has 0 saturated heterocycles. The number of thiophene rings is 1. The molecule has 0 N–H and O–H groups in total. The number of esters is 1. The van der Waals surface area contributed by atoms with Crippen molar-refractivity contribution in [3.05, 3.63) is 58.3 Å². The second kappa shape index (κ2) is 8.32. The van der Waals surface area contributed by atoms with Gasteiger partial charge in [-0.2, -0.15) is 11.3 Å². The molecule has 5 heteroatoms. The summed E-state index contributed by atoms with van der Waals surface area (Å²) in [7, 11) is 0. The zero-order valence-electron chi connectivity index (χ0n) is 14.9. The van der Waals surface area contributed by atoms with Gasteiger partial charge in [0.1, 0.15) is 11.7 Å². The number of carbonyl (C=O) groups excluding carboxylic acids is 2. The molecule has 0 spiro atoms. The zero-order chi connectivity index (χ0) is 18.5. The van der Waals surface area contributed by atoms with E-state index < -0.39 is 11.9 Å². The zero-order valence-corrected chi connectivity index (χ0v) is 15.8. The molecule has 0 fully saturated rings. The van der Waals surface area contributed by atoms with Gasteiger partial charge in [-0.3, -0.25) is 9.59 Å². The van der Waals surface area contributed by atoms with Crippen LogP contribution in [0.2, 0.25) is 0 Å². The van der Waals surface area contributed by atoms with Crippen molar-refractivity contribution in [1.82, 2.24) is 0 Å². The summed E-state index contributed by atoms with van der Waals surface area (Å²) in [6.45, 7) is 4.55. The van der Waals surface area contributed by atoms with Gasteiger partial charge in [0.15, 0.2) is 5.78 Å². The Kier molecular flexibility index (Phi) is 5.89. The molecule has 1 aliphatic rings. The molecule has 1 heterocycles. The molecule has 2 aromatic rings. The highest BCUT2D eigenvalue weighted by molar-refractivity contribution is 7.08. The average Bonchev–Trinajstić information content (AvgIpc) is 3.17. The van der Waals surface area contributed by atoms with E-state index >= 15 is 0 Å². The van der Waals surface area contributed by atoms with Crippen molar-refractivity contribution in [2.45, 2.75) is 26.2 Å². The molecule has 4 nitrogen and oxygen atoms in total. The predicted octanol–water partition coefficient (Wildman–Crippen LogP) is 4.47. The molecule has 0 aliphatic heterocycles. The molecule has 0 amide bonds. The average molecular weight is 370 g/mol. The lowest BCUT2D eigenvalue weighted by atomic mass is 9.74. The fourth-order valence-electron chi connectivity index (χ4n) is 3.32. The Labute approximate surface area is 157 Å². The van der Waals surface area contributed by atoms with Crippen molar-refractivity contribution >= 4 is 28.7 Å². The molecule has 3 rings (SSSR count). The van der Waals surface area contributed by atoms with Gasteiger partial charge < -0.3 is 9.47 Å². The van der Waals surface area contributed by atoms with Crippen molar-refractivity contribution in [2.24, 2.45) is 5.92 Å². The van der Waals surface area contributed by atoms with Crippen molar-refractivity contribution < 1.29 is 19.1 Å². The van der Waals surface area contributed by atoms with Crippen LogP contribution in [0.5, 0.6) is 5.75 Å². The van der Waals surface area contributed by atoms with Crippen LogP contribution < -0.4 is 4.74 Å². The maximum Gasteiger partial charge on any atom is 0.317 e. The molecular weight excluding hydrogens is 348 g/mol. The van der Waals surface area contributed by atoms with Gasteiger partial charge in [0.05, 0.1) is 13.2 Å². The second-order valence-corrected chi connectivity index (χ2v) is 6.91. The van der Waals surface area contributed by atoms with E-state index in [9.17, 15) is 9.59 Å². The van der Waals surface area contributed by atoms with Gasteiger partial charge in [-0.25, -0.2) is 0 Å². The summed E-state index contributed by atoms with van der Waals surface area (Å²) in [5.41, 5.74) is 2.96. The van der Waals surface area contributed by atoms with Crippen LogP contribution in [0.1, 0.15) is 37.3 Å². The van der Waals surface area contributed by atoms with Crippen LogP contribution in [0.3, 0.4) is 0 Å². The monoisotopic (exact) mass is 370 g/mol. The fourth-order valence-corrected chi connectivity index (χ4v) is 4.00. The largest absolute Gasteiger partial charge is 0.494 e. The number of carbonyl (C=O) groups is 2. The summed E-state index contributed by atoms with van der Waals surface area (Å²) < 4.78 is 10.7. The lowest BCUT2D eigenvalue weighted by Crippen LogP contribution is -2.33. The minimum Gasteiger partial charge on any atom is -0.494 e. The summed E-state index contributed by atoms with van der Waals surface area (Å²) >= 11 is 1.59. The Balaban J connectivity index is 1.95. The highest BCUT2D eigenvalue weighted by Crippen LogP contribution is 2.41. The van der Waals surface area contributed by atoms with E-state index in [1.165, 1.54) is 0 Å². The number of allylic oxidation sites excluding steroid dienone is 2. The quantitative estimate of drug-likeness (QED) is 0.556. The summed E-state index contributed by atoms with van der Waals surface area (Å²) in [5, 5.41) is 4.02. The highest BCUT2D eigenvalue weighted by atomic mass is 32.1. The van der Waals surface area contributed by atoms with Crippen molar-refractivity contribution in [3.63, 3.8) is 0 Å². The molecule has 1 aromatic heterocycles. The van der Waals surface area contributed by atoms with Crippen LogP contribution in [-0.4, -0.2) is 25.0 Å². The van der Waals surface area contributed by atoms with Gasteiger partial charge in [-0.15, -0.1) is 0 Å². The first-order valence-corrected chi connectivity index (χ1v) is 9.74. The molecule has 0 bridgehead atoms. The smallest absolute Gasteiger partial charge is 0.317 e. The molecule has 0 saturated carbocycles. The van der Waals surface area contributed by atoms with Crippen LogP contribution in [0.25, 0.3) is 5.57 Å². The number of ketones is 1. The maximum atomic E-state index is 12.8. The standard InChI is InChI=1S/C21H22O4S/c1-3-24-17-7-5-14(6-8-17)18-11-16(15-9-10-26-13-15)12-19(22)20(18)21(23)25-4-2/h5-10,12-13,18,20H,3-4,11H2,1-2H3/t18-,20+/m0/s1. The maximum absolute atomic E-state index is 12.8. The third-order valence-corrected chi connectivity index (χ3v) is 5.20.